The van der Waals surface area contributed by atoms with Crippen molar-refractivity contribution in [2.24, 2.45) is 0 Å². The number of aromatic amines is 1. The molecule has 226 valence electrons. The van der Waals surface area contributed by atoms with Gasteiger partial charge in [0.05, 0.1) is 31.7 Å². The van der Waals surface area contributed by atoms with E-state index in [0.717, 1.165) is 77.6 Å². The molecule has 0 aliphatic carbocycles. The average molecular weight is 608 g/mol. The zero-order valence-corrected chi connectivity index (χ0v) is 26.2. The van der Waals surface area contributed by atoms with Crippen LogP contribution in [0.1, 0.15) is 28.7 Å². The molecule has 0 unspecified atom stereocenters. The van der Waals surface area contributed by atoms with Crippen LogP contribution in [0.4, 0.5) is 5.69 Å². The number of carbonyl (C=O) groups is 1. The van der Waals surface area contributed by atoms with E-state index in [9.17, 15) is 9.59 Å². The predicted molar refractivity (Wildman–Crippen MR) is 179 cm³/mol. The van der Waals surface area contributed by atoms with Crippen molar-refractivity contribution in [3.63, 3.8) is 0 Å². The molecule has 0 atom stereocenters. The molecule has 1 aliphatic heterocycles. The summed E-state index contributed by atoms with van der Waals surface area (Å²) in [7, 11) is 3.36. The minimum Gasteiger partial charge on any atom is -0.493 e. The van der Waals surface area contributed by atoms with Crippen molar-refractivity contribution >= 4 is 45.2 Å². The molecule has 8 heteroatoms. The van der Waals surface area contributed by atoms with E-state index in [1.165, 1.54) is 16.0 Å². The van der Waals surface area contributed by atoms with Gasteiger partial charge in [0.1, 0.15) is 0 Å². The van der Waals surface area contributed by atoms with Gasteiger partial charge in [-0.2, -0.15) is 0 Å². The predicted octanol–water partition coefficient (Wildman–Crippen LogP) is 6.73. The van der Waals surface area contributed by atoms with E-state index in [-0.39, 0.29) is 17.8 Å². The molecule has 1 aliphatic rings. The lowest BCUT2D eigenvalue weighted by Gasteiger charge is -2.29. The lowest BCUT2D eigenvalue weighted by molar-refractivity contribution is -0.115. The van der Waals surface area contributed by atoms with Crippen LogP contribution in [0.25, 0.3) is 21.8 Å². The highest BCUT2D eigenvalue weighted by atomic mass is 32.2. The van der Waals surface area contributed by atoms with E-state index in [1.807, 2.05) is 67.2 Å². The van der Waals surface area contributed by atoms with Crippen LogP contribution in [-0.4, -0.2) is 48.9 Å². The number of aryl methyl sites for hydroxylation is 1. The molecule has 0 saturated heterocycles. The Hall–Kier alpha value is -4.27. The molecule has 1 amide bonds. The molecule has 1 aromatic heterocycles. The van der Waals surface area contributed by atoms with Gasteiger partial charge in [-0.05, 0) is 103 Å². The Bertz CT molecular complexity index is 1880. The number of benzene rings is 4. The maximum absolute atomic E-state index is 13.1. The molecule has 0 radical (unpaired) electrons. The van der Waals surface area contributed by atoms with Gasteiger partial charge in [0, 0.05) is 34.4 Å². The Morgan fingerprint density at radius 3 is 2.39 bits per heavy atom. The summed E-state index contributed by atoms with van der Waals surface area (Å²) in [6.45, 7) is 5.00. The lowest BCUT2D eigenvalue weighted by Crippen LogP contribution is -2.31. The molecule has 5 aromatic rings. The first-order valence-electron chi connectivity index (χ1n) is 15.0. The number of para-hydroxylation sites is 2. The van der Waals surface area contributed by atoms with Crippen LogP contribution in [-0.2, 0) is 24.2 Å². The third-order valence-corrected chi connectivity index (χ3v) is 9.43. The van der Waals surface area contributed by atoms with Crippen molar-refractivity contribution in [1.82, 2.24) is 9.88 Å². The SMILES string of the molecule is COc1cc2c(cc1OC)CN(CCCSc1ccc(NC(=O)Cc3cccc4c(=O)c5cccc(C)c5[nH]c34)cc1)CC2. The number of aromatic nitrogens is 1. The summed E-state index contributed by atoms with van der Waals surface area (Å²) in [5, 5.41) is 4.28. The fraction of sp³-hybridized carbons (Fsp3) is 0.278. The quantitative estimate of drug-likeness (QED) is 0.104. The first kappa shape index (κ1) is 29.8. The number of nitrogens with one attached hydrogen (secondary N) is 2. The molecule has 0 spiro atoms. The molecule has 4 aromatic carbocycles. The van der Waals surface area contributed by atoms with Gasteiger partial charge in [-0.15, -0.1) is 11.8 Å². The molecule has 2 heterocycles. The fourth-order valence-electron chi connectivity index (χ4n) is 6.00. The highest BCUT2D eigenvalue weighted by Crippen LogP contribution is 2.33. The second kappa shape index (κ2) is 13.2. The Kier molecular flexibility index (Phi) is 8.91. The van der Waals surface area contributed by atoms with Crippen LogP contribution in [0.2, 0.25) is 0 Å². The number of hydrogen-bond donors (Lipinski definition) is 2. The number of thioether (sulfide) groups is 1. The Morgan fingerprint density at radius 2 is 1.64 bits per heavy atom. The van der Waals surface area contributed by atoms with Gasteiger partial charge in [0.2, 0.25) is 5.91 Å². The number of fused-ring (bicyclic) bond motifs is 3. The zero-order chi connectivity index (χ0) is 30.6. The maximum atomic E-state index is 13.1. The van der Waals surface area contributed by atoms with E-state index >= 15 is 0 Å². The van der Waals surface area contributed by atoms with Crippen LogP contribution in [0.3, 0.4) is 0 Å². The van der Waals surface area contributed by atoms with Crippen LogP contribution in [0.5, 0.6) is 11.5 Å². The highest BCUT2D eigenvalue weighted by molar-refractivity contribution is 7.99. The second-order valence-corrected chi connectivity index (χ2v) is 12.4. The molecule has 0 bridgehead atoms. The summed E-state index contributed by atoms with van der Waals surface area (Å²) >= 11 is 1.83. The van der Waals surface area contributed by atoms with Crippen LogP contribution in [0.15, 0.2) is 82.5 Å². The fourth-order valence-corrected chi connectivity index (χ4v) is 6.84. The van der Waals surface area contributed by atoms with Crippen molar-refractivity contribution in [3.05, 3.63) is 105 Å². The van der Waals surface area contributed by atoms with Gasteiger partial charge < -0.3 is 19.8 Å². The van der Waals surface area contributed by atoms with Crippen LogP contribution in [0, 0.1) is 6.92 Å². The van der Waals surface area contributed by atoms with E-state index in [1.54, 1.807) is 14.2 Å². The third-order valence-electron chi connectivity index (χ3n) is 8.34. The monoisotopic (exact) mass is 607 g/mol. The van der Waals surface area contributed by atoms with Gasteiger partial charge in [0.25, 0.3) is 0 Å². The van der Waals surface area contributed by atoms with Gasteiger partial charge in [-0.25, -0.2) is 0 Å². The summed E-state index contributed by atoms with van der Waals surface area (Å²) in [5.74, 6) is 2.49. The first-order valence-corrected chi connectivity index (χ1v) is 15.9. The van der Waals surface area contributed by atoms with Gasteiger partial charge in [-0.3, -0.25) is 14.5 Å². The standard InChI is InChI=1S/C36H37N3O4S/c1-23-7-4-9-29-34(23)38-35-25(8-5-10-30(35)36(29)41)21-33(40)37-27-11-13-28(14-12-27)44-18-6-16-39-17-15-24-19-31(42-2)32(43-3)20-26(24)22-39/h4-5,7-14,19-20H,6,15-18,21-22H2,1-3H3,(H,37,40)(H,38,41). The van der Waals surface area contributed by atoms with Crippen molar-refractivity contribution in [1.29, 1.82) is 0 Å². The molecule has 44 heavy (non-hydrogen) atoms. The number of pyridine rings is 1. The molecular formula is C36H37N3O4S. The first-order chi connectivity index (χ1) is 21.4. The number of amides is 1. The lowest BCUT2D eigenvalue weighted by atomic mass is 9.98. The van der Waals surface area contributed by atoms with E-state index in [2.05, 4.69) is 39.5 Å². The third kappa shape index (κ3) is 6.32. The molecule has 6 rings (SSSR count). The summed E-state index contributed by atoms with van der Waals surface area (Å²) < 4.78 is 11.0. The summed E-state index contributed by atoms with van der Waals surface area (Å²) in [5.41, 5.74) is 6.73. The van der Waals surface area contributed by atoms with E-state index in [0.29, 0.717) is 10.8 Å². The minimum absolute atomic E-state index is 0.0178. The molecular weight excluding hydrogens is 570 g/mol. The number of methoxy groups -OCH3 is 2. The Balaban J connectivity index is 1.01. The van der Waals surface area contributed by atoms with Crippen LogP contribution >= 0.6 is 11.8 Å². The van der Waals surface area contributed by atoms with Crippen molar-refractivity contribution < 1.29 is 14.3 Å². The van der Waals surface area contributed by atoms with E-state index in [4.69, 9.17) is 9.47 Å². The van der Waals surface area contributed by atoms with E-state index < -0.39 is 0 Å². The summed E-state index contributed by atoms with van der Waals surface area (Å²) in [6.07, 6.45) is 2.28. The van der Waals surface area contributed by atoms with Gasteiger partial charge in [0.15, 0.2) is 16.9 Å². The average Bonchev–Trinajstić information content (AvgIpc) is 3.04. The number of nitrogens with zero attached hydrogens (tertiary/aromatic N) is 1. The summed E-state index contributed by atoms with van der Waals surface area (Å²) in [6, 6.07) is 23.5. The van der Waals surface area contributed by atoms with Crippen molar-refractivity contribution in [2.75, 3.05) is 38.4 Å². The highest BCUT2D eigenvalue weighted by Gasteiger charge is 2.19. The molecule has 2 N–H and O–H groups in total. The Morgan fingerprint density at radius 1 is 0.932 bits per heavy atom. The summed E-state index contributed by atoms with van der Waals surface area (Å²) in [4.78, 5) is 33.2. The molecule has 7 nitrogen and oxygen atoms in total. The van der Waals surface area contributed by atoms with Gasteiger partial charge in [-0.1, -0.05) is 24.3 Å². The molecule has 0 fully saturated rings. The topological polar surface area (TPSA) is 83.7 Å². The number of H-pyrrole nitrogens is 1. The number of anilines is 1. The van der Waals surface area contributed by atoms with Crippen molar-refractivity contribution in [3.8, 4) is 11.5 Å². The Labute approximate surface area is 261 Å². The maximum Gasteiger partial charge on any atom is 0.228 e. The van der Waals surface area contributed by atoms with Crippen molar-refractivity contribution in [2.45, 2.75) is 37.6 Å². The second-order valence-electron chi connectivity index (χ2n) is 11.2. The number of rotatable bonds is 10. The number of ether oxygens (including phenoxy) is 2. The normalized spacial score (nSPS) is 13.2. The van der Waals surface area contributed by atoms with Gasteiger partial charge >= 0.3 is 0 Å². The number of hydrogen-bond acceptors (Lipinski definition) is 6. The minimum atomic E-state index is -0.122. The molecule has 0 saturated carbocycles. The smallest absolute Gasteiger partial charge is 0.228 e. The largest absolute Gasteiger partial charge is 0.493 e. The zero-order valence-electron chi connectivity index (χ0n) is 25.4. The number of carbonyl (C=O) groups excluding carboxylic acids is 1. The van der Waals surface area contributed by atoms with Crippen LogP contribution < -0.4 is 20.2 Å².